The molecular formula is C12H23N. The Labute approximate surface area is 82.3 Å². The van der Waals surface area contributed by atoms with Crippen LogP contribution in [-0.2, 0) is 0 Å². The summed E-state index contributed by atoms with van der Waals surface area (Å²) in [6.45, 7) is 7.38. The highest BCUT2D eigenvalue weighted by Gasteiger charge is 2.33. The fraction of sp³-hybridized carbons (Fsp3) is 1.00. The number of hydrogen-bond donors (Lipinski definition) is 1. The molecule has 0 aromatic rings. The third-order valence-electron chi connectivity index (χ3n) is 4.14. The Morgan fingerprint density at radius 2 is 2.00 bits per heavy atom. The van der Waals surface area contributed by atoms with Crippen LogP contribution >= 0.6 is 0 Å². The third kappa shape index (κ3) is 2.07. The van der Waals surface area contributed by atoms with E-state index in [1.54, 1.807) is 0 Å². The van der Waals surface area contributed by atoms with E-state index in [1.807, 2.05) is 0 Å². The van der Waals surface area contributed by atoms with Crippen molar-refractivity contribution in [2.45, 2.75) is 39.5 Å². The van der Waals surface area contributed by atoms with Gasteiger partial charge in [-0.2, -0.15) is 0 Å². The number of rotatable bonds is 1. The second-order valence-electron chi connectivity index (χ2n) is 5.34. The Balaban J connectivity index is 2.04. The summed E-state index contributed by atoms with van der Waals surface area (Å²) in [6, 6.07) is 0. The molecule has 2 aliphatic heterocycles. The zero-order valence-corrected chi connectivity index (χ0v) is 9.05. The van der Waals surface area contributed by atoms with E-state index in [2.05, 4.69) is 19.2 Å². The minimum absolute atomic E-state index is 0.908. The molecule has 1 aliphatic carbocycles. The van der Waals surface area contributed by atoms with Gasteiger partial charge < -0.3 is 5.32 Å². The number of hydrogen-bond acceptors (Lipinski definition) is 1. The minimum atomic E-state index is 0.908. The monoisotopic (exact) mass is 181 g/mol. The van der Waals surface area contributed by atoms with Crippen molar-refractivity contribution < 1.29 is 0 Å². The molecule has 0 spiro atoms. The van der Waals surface area contributed by atoms with Crippen LogP contribution in [0.1, 0.15) is 39.5 Å². The summed E-state index contributed by atoms with van der Waals surface area (Å²) < 4.78 is 0. The lowest BCUT2D eigenvalue weighted by Crippen LogP contribution is -2.38. The zero-order chi connectivity index (χ0) is 9.26. The average Bonchev–Trinajstić information content (AvgIpc) is 2.04. The first-order chi connectivity index (χ1) is 6.27. The molecule has 3 atom stereocenters. The molecule has 0 aromatic heterocycles. The fourth-order valence-corrected chi connectivity index (χ4v) is 3.31. The van der Waals surface area contributed by atoms with E-state index in [9.17, 15) is 0 Å². The third-order valence-corrected chi connectivity index (χ3v) is 4.14. The first-order valence-electron chi connectivity index (χ1n) is 5.98. The smallest absolute Gasteiger partial charge is 0.00204 e. The number of nitrogens with one attached hydrogen (secondary N) is 1. The Bertz CT molecular complexity index is 161. The zero-order valence-electron chi connectivity index (χ0n) is 9.05. The van der Waals surface area contributed by atoms with Crippen molar-refractivity contribution in [1.82, 2.24) is 5.32 Å². The lowest BCUT2D eigenvalue weighted by Gasteiger charge is -2.41. The molecule has 3 unspecified atom stereocenters. The summed E-state index contributed by atoms with van der Waals surface area (Å²) in [5, 5.41) is 3.58. The van der Waals surface area contributed by atoms with Gasteiger partial charge in [0.2, 0.25) is 0 Å². The molecule has 1 heteroatoms. The van der Waals surface area contributed by atoms with Crippen LogP contribution < -0.4 is 5.32 Å². The van der Waals surface area contributed by atoms with Crippen molar-refractivity contribution in [3.63, 3.8) is 0 Å². The van der Waals surface area contributed by atoms with Gasteiger partial charge in [0.25, 0.3) is 0 Å². The summed E-state index contributed by atoms with van der Waals surface area (Å²) in [6.07, 6.45) is 5.92. The first kappa shape index (κ1) is 9.51. The topological polar surface area (TPSA) is 12.0 Å². The Morgan fingerprint density at radius 3 is 2.77 bits per heavy atom. The average molecular weight is 181 g/mol. The Morgan fingerprint density at radius 1 is 1.15 bits per heavy atom. The second-order valence-corrected chi connectivity index (χ2v) is 5.34. The van der Waals surface area contributed by atoms with Gasteiger partial charge in [-0.15, -0.1) is 0 Å². The molecule has 13 heavy (non-hydrogen) atoms. The van der Waals surface area contributed by atoms with E-state index in [4.69, 9.17) is 0 Å². The van der Waals surface area contributed by atoms with E-state index in [0.717, 1.165) is 23.7 Å². The van der Waals surface area contributed by atoms with E-state index < -0.39 is 0 Å². The van der Waals surface area contributed by atoms with Gasteiger partial charge in [-0.1, -0.05) is 13.8 Å². The van der Waals surface area contributed by atoms with Gasteiger partial charge in [0.15, 0.2) is 0 Å². The highest BCUT2D eigenvalue weighted by molar-refractivity contribution is 4.85. The van der Waals surface area contributed by atoms with Gasteiger partial charge in [-0.3, -0.25) is 0 Å². The van der Waals surface area contributed by atoms with Crippen molar-refractivity contribution in [3.8, 4) is 0 Å². The van der Waals surface area contributed by atoms with Crippen LogP contribution in [0, 0.1) is 23.7 Å². The summed E-state index contributed by atoms with van der Waals surface area (Å²) >= 11 is 0. The van der Waals surface area contributed by atoms with Gasteiger partial charge in [-0.05, 0) is 62.4 Å². The number of fused-ring (bicyclic) bond motifs is 5. The largest absolute Gasteiger partial charge is 0.316 e. The van der Waals surface area contributed by atoms with Crippen molar-refractivity contribution in [1.29, 1.82) is 0 Å². The van der Waals surface area contributed by atoms with Crippen LogP contribution in [-0.4, -0.2) is 13.1 Å². The molecule has 0 amide bonds. The van der Waals surface area contributed by atoms with Gasteiger partial charge in [-0.25, -0.2) is 0 Å². The van der Waals surface area contributed by atoms with Crippen LogP contribution in [0.2, 0.25) is 0 Å². The second kappa shape index (κ2) is 4.00. The Hall–Kier alpha value is -0.0400. The molecule has 1 saturated carbocycles. The first-order valence-corrected chi connectivity index (χ1v) is 5.98. The van der Waals surface area contributed by atoms with E-state index in [0.29, 0.717) is 0 Å². The van der Waals surface area contributed by atoms with Crippen molar-refractivity contribution in [2.24, 2.45) is 23.7 Å². The lowest BCUT2D eigenvalue weighted by atomic mass is 9.67. The summed E-state index contributed by atoms with van der Waals surface area (Å²) in [5.41, 5.74) is 0. The van der Waals surface area contributed by atoms with Gasteiger partial charge >= 0.3 is 0 Å². The summed E-state index contributed by atoms with van der Waals surface area (Å²) in [4.78, 5) is 0. The van der Waals surface area contributed by atoms with Crippen molar-refractivity contribution in [2.75, 3.05) is 13.1 Å². The molecule has 2 saturated heterocycles. The van der Waals surface area contributed by atoms with E-state index in [-0.39, 0.29) is 0 Å². The molecule has 3 aliphatic rings. The molecule has 2 bridgehead atoms. The standard InChI is InChI=1S/C12H23N/c1-9(2)12-7-10-3-4-11(12)5-6-13-8-10/h9-13H,3-8H2,1-2H3. The van der Waals surface area contributed by atoms with Crippen LogP contribution in [0.5, 0.6) is 0 Å². The molecule has 1 N–H and O–H groups in total. The summed E-state index contributed by atoms with van der Waals surface area (Å²) in [7, 11) is 0. The van der Waals surface area contributed by atoms with E-state index >= 15 is 0 Å². The fourth-order valence-electron chi connectivity index (χ4n) is 3.31. The quantitative estimate of drug-likeness (QED) is 0.656. The maximum absolute atomic E-state index is 3.58. The van der Waals surface area contributed by atoms with Crippen molar-refractivity contribution in [3.05, 3.63) is 0 Å². The van der Waals surface area contributed by atoms with Crippen molar-refractivity contribution >= 4 is 0 Å². The molecule has 0 aromatic carbocycles. The maximum atomic E-state index is 3.58. The van der Waals surface area contributed by atoms with Crippen LogP contribution in [0.25, 0.3) is 0 Å². The molecule has 0 radical (unpaired) electrons. The molecular weight excluding hydrogens is 158 g/mol. The SMILES string of the molecule is CC(C)C1CC2CCC1CCNC2. The van der Waals surface area contributed by atoms with Crippen LogP contribution in [0.3, 0.4) is 0 Å². The maximum Gasteiger partial charge on any atom is -0.00204 e. The molecule has 2 heterocycles. The molecule has 1 nitrogen and oxygen atoms in total. The van der Waals surface area contributed by atoms with Gasteiger partial charge in [0, 0.05) is 0 Å². The molecule has 76 valence electrons. The minimum Gasteiger partial charge on any atom is -0.316 e. The molecule has 3 rings (SSSR count). The Kier molecular flexibility index (Phi) is 2.92. The van der Waals surface area contributed by atoms with E-state index in [1.165, 1.54) is 38.8 Å². The lowest BCUT2D eigenvalue weighted by molar-refractivity contribution is 0.111. The summed E-state index contributed by atoms with van der Waals surface area (Å²) in [5.74, 6) is 3.96. The predicted molar refractivity (Wildman–Crippen MR) is 56.6 cm³/mol. The van der Waals surface area contributed by atoms with Crippen LogP contribution in [0.4, 0.5) is 0 Å². The van der Waals surface area contributed by atoms with Gasteiger partial charge in [0.05, 0.1) is 0 Å². The van der Waals surface area contributed by atoms with Crippen LogP contribution in [0.15, 0.2) is 0 Å². The van der Waals surface area contributed by atoms with Gasteiger partial charge in [0.1, 0.15) is 0 Å². The predicted octanol–water partition coefficient (Wildman–Crippen LogP) is 2.67. The highest BCUT2D eigenvalue weighted by atomic mass is 14.9. The molecule has 3 fully saturated rings. The highest BCUT2D eigenvalue weighted by Crippen LogP contribution is 2.40. The normalized spacial score (nSPS) is 40.4.